The second-order valence-electron chi connectivity index (χ2n) is 5.43. The normalized spacial score (nSPS) is 27.9. The van der Waals surface area contributed by atoms with Crippen molar-refractivity contribution in [2.45, 2.75) is 52.4 Å². The van der Waals surface area contributed by atoms with Crippen molar-refractivity contribution in [3.05, 3.63) is 11.6 Å². The molecule has 0 aliphatic heterocycles. The van der Waals surface area contributed by atoms with Gasteiger partial charge in [0, 0.05) is 6.42 Å². The average Bonchev–Trinajstić information content (AvgIpc) is 2.62. The smallest absolute Gasteiger partial charge is 0.155 e. The number of hydrogen-bond donors (Lipinski definition) is 0. The standard InChI is InChI=1S/C13H20O/c1-13(2)8-7-11(14)9-12(13)10-5-3-4-6-10/h9-10H,3-8H2,1-2H3. The lowest BCUT2D eigenvalue weighted by molar-refractivity contribution is -0.115. The Balaban J connectivity index is 2.24. The molecule has 1 nitrogen and oxygen atoms in total. The maximum absolute atomic E-state index is 11.4. The van der Waals surface area contributed by atoms with Gasteiger partial charge in [-0.05, 0) is 36.7 Å². The van der Waals surface area contributed by atoms with E-state index in [4.69, 9.17) is 0 Å². The molecule has 0 unspecified atom stereocenters. The van der Waals surface area contributed by atoms with E-state index in [1.54, 1.807) is 0 Å². The third kappa shape index (κ3) is 1.77. The SMILES string of the molecule is CC1(C)CCC(=O)C=C1C1CCCC1. The molecule has 1 fully saturated rings. The summed E-state index contributed by atoms with van der Waals surface area (Å²) in [6.07, 6.45) is 9.08. The van der Waals surface area contributed by atoms with E-state index < -0.39 is 0 Å². The van der Waals surface area contributed by atoms with E-state index in [-0.39, 0.29) is 5.41 Å². The van der Waals surface area contributed by atoms with E-state index in [0.717, 1.165) is 12.8 Å². The second kappa shape index (κ2) is 3.52. The summed E-state index contributed by atoms with van der Waals surface area (Å²) in [5.74, 6) is 1.07. The molecule has 0 aromatic heterocycles. The van der Waals surface area contributed by atoms with Gasteiger partial charge in [0.15, 0.2) is 5.78 Å². The molecule has 14 heavy (non-hydrogen) atoms. The molecule has 0 aromatic carbocycles. The summed E-state index contributed by atoms with van der Waals surface area (Å²) in [5, 5.41) is 0. The van der Waals surface area contributed by atoms with Gasteiger partial charge < -0.3 is 0 Å². The maximum Gasteiger partial charge on any atom is 0.155 e. The predicted molar refractivity (Wildman–Crippen MR) is 58.1 cm³/mol. The molecule has 0 atom stereocenters. The van der Waals surface area contributed by atoms with Crippen LogP contribution in [0.4, 0.5) is 0 Å². The number of carbonyl (C=O) groups is 1. The third-order valence-electron chi connectivity index (χ3n) is 3.89. The lowest BCUT2D eigenvalue weighted by Crippen LogP contribution is -2.26. The Morgan fingerprint density at radius 3 is 2.57 bits per heavy atom. The summed E-state index contributed by atoms with van der Waals surface area (Å²) < 4.78 is 0. The molecule has 0 N–H and O–H groups in total. The van der Waals surface area contributed by atoms with Crippen LogP contribution in [0.3, 0.4) is 0 Å². The van der Waals surface area contributed by atoms with E-state index in [1.807, 2.05) is 6.08 Å². The Labute approximate surface area is 86.6 Å². The number of allylic oxidation sites excluding steroid dienone is 2. The molecule has 2 aliphatic rings. The van der Waals surface area contributed by atoms with Gasteiger partial charge in [-0.25, -0.2) is 0 Å². The largest absolute Gasteiger partial charge is 0.295 e. The fraction of sp³-hybridized carbons (Fsp3) is 0.769. The highest BCUT2D eigenvalue weighted by Crippen LogP contribution is 2.45. The van der Waals surface area contributed by atoms with Crippen LogP contribution in [0, 0.1) is 11.3 Å². The number of carbonyl (C=O) groups excluding carboxylic acids is 1. The number of hydrogen-bond acceptors (Lipinski definition) is 1. The van der Waals surface area contributed by atoms with Crippen LogP contribution in [-0.2, 0) is 4.79 Å². The first-order chi connectivity index (χ1) is 6.59. The monoisotopic (exact) mass is 192 g/mol. The Morgan fingerprint density at radius 1 is 1.29 bits per heavy atom. The zero-order valence-corrected chi connectivity index (χ0v) is 9.31. The maximum atomic E-state index is 11.4. The van der Waals surface area contributed by atoms with Crippen molar-refractivity contribution in [3.8, 4) is 0 Å². The van der Waals surface area contributed by atoms with Crippen LogP contribution in [0.2, 0.25) is 0 Å². The van der Waals surface area contributed by atoms with Gasteiger partial charge in [0.25, 0.3) is 0 Å². The molecule has 0 aromatic rings. The van der Waals surface area contributed by atoms with Crippen LogP contribution in [0.5, 0.6) is 0 Å². The highest BCUT2D eigenvalue weighted by Gasteiger charge is 2.34. The first-order valence-electron chi connectivity index (χ1n) is 5.84. The first-order valence-corrected chi connectivity index (χ1v) is 5.84. The van der Waals surface area contributed by atoms with Gasteiger partial charge in [-0.1, -0.05) is 32.3 Å². The van der Waals surface area contributed by atoms with Gasteiger partial charge >= 0.3 is 0 Å². The molecular formula is C13H20O. The van der Waals surface area contributed by atoms with Crippen molar-refractivity contribution in [3.63, 3.8) is 0 Å². The molecule has 0 saturated heterocycles. The molecule has 0 spiro atoms. The quantitative estimate of drug-likeness (QED) is 0.621. The van der Waals surface area contributed by atoms with Crippen LogP contribution >= 0.6 is 0 Å². The van der Waals surface area contributed by atoms with Gasteiger partial charge in [-0.15, -0.1) is 0 Å². The Hall–Kier alpha value is -0.590. The molecule has 0 heterocycles. The fourth-order valence-electron chi connectivity index (χ4n) is 2.93. The van der Waals surface area contributed by atoms with Crippen molar-refractivity contribution in [2.24, 2.45) is 11.3 Å². The summed E-state index contributed by atoms with van der Waals surface area (Å²) >= 11 is 0. The Morgan fingerprint density at radius 2 is 1.93 bits per heavy atom. The minimum absolute atomic E-state index is 0.281. The van der Waals surface area contributed by atoms with Gasteiger partial charge in [0.2, 0.25) is 0 Å². The van der Waals surface area contributed by atoms with E-state index in [1.165, 1.54) is 31.3 Å². The summed E-state index contributed by atoms with van der Waals surface area (Å²) in [6.45, 7) is 4.59. The topological polar surface area (TPSA) is 17.1 Å². The van der Waals surface area contributed by atoms with Crippen molar-refractivity contribution >= 4 is 5.78 Å². The third-order valence-corrected chi connectivity index (χ3v) is 3.89. The second-order valence-corrected chi connectivity index (χ2v) is 5.43. The number of ketones is 1. The zero-order chi connectivity index (χ0) is 10.2. The van der Waals surface area contributed by atoms with Crippen LogP contribution in [0.15, 0.2) is 11.6 Å². The highest BCUT2D eigenvalue weighted by molar-refractivity contribution is 5.91. The predicted octanol–water partition coefficient (Wildman–Crippen LogP) is 3.49. The Kier molecular flexibility index (Phi) is 2.50. The molecule has 78 valence electrons. The fourth-order valence-corrected chi connectivity index (χ4v) is 2.93. The molecule has 2 rings (SSSR count). The van der Waals surface area contributed by atoms with Crippen LogP contribution in [0.1, 0.15) is 52.4 Å². The molecule has 0 amide bonds. The van der Waals surface area contributed by atoms with E-state index in [0.29, 0.717) is 11.7 Å². The summed E-state index contributed by atoms with van der Waals surface area (Å²) in [6, 6.07) is 0. The summed E-state index contributed by atoms with van der Waals surface area (Å²) in [4.78, 5) is 11.4. The Bertz CT molecular complexity index is 267. The van der Waals surface area contributed by atoms with Crippen molar-refractivity contribution in [2.75, 3.05) is 0 Å². The van der Waals surface area contributed by atoms with Crippen LogP contribution in [0.25, 0.3) is 0 Å². The average molecular weight is 192 g/mol. The van der Waals surface area contributed by atoms with E-state index >= 15 is 0 Å². The molecular weight excluding hydrogens is 172 g/mol. The van der Waals surface area contributed by atoms with Gasteiger partial charge in [0.1, 0.15) is 0 Å². The minimum atomic E-state index is 0.281. The van der Waals surface area contributed by atoms with Crippen molar-refractivity contribution in [1.29, 1.82) is 0 Å². The molecule has 0 bridgehead atoms. The molecule has 0 radical (unpaired) electrons. The van der Waals surface area contributed by atoms with Gasteiger partial charge in [-0.3, -0.25) is 4.79 Å². The van der Waals surface area contributed by atoms with Crippen LogP contribution in [-0.4, -0.2) is 5.78 Å². The zero-order valence-electron chi connectivity index (χ0n) is 9.31. The molecule has 1 heteroatoms. The van der Waals surface area contributed by atoms with Gasteiger partial charge in [-0.2, -0.15) is 0 Å². The first kappa shape index (κ1) is 9.95. The van der Waals surface area contributed by atoms with Gasteiger partial charge in [0.05, 0.1) is 0 Å². The van der Waals surface area contributed by atoms with Crippen LogP contribution < -0.4 is 0 Å². The summed E-state index contributed by atoms with van der Waals surface area (Å²) in [7, 11) is 0. The molecule has 1 saturated carbocycles. The van der Waals surface area contributed by atoms with E-state index in [9.17, 15) is 4.79 Å². The minimum Gasteiger partial charge on any atom is -0.295 e. The number of rotatable bonds is 1. The summed E-state index contributed by atoms with van der Waals surface area (Å²) in [5.41, 5.74) is 1.73. The van der Waals surface area contributed by atoms with Crippen molar-refractivity contribution < 1.29 is 4.79 Å². The highest BCUT2D eigenvalue weighted by atomic mass is 16.1. The van der Waals surface area contributed by atoms with E-state index in [2.05, 4.69) is 13.8 Å². The molecule has 2 aliphatic carbocycles. The lowest BCUT2D eigenvalue weighted by Gasteiger charge is -2.34. The lowest BCUT2D eigenvalue weighted by atomic mass is 9.70. The van der Waals surface area contributed by atoms with Crippen molar-refractivity contribution in [1.82, 2.24) is 0 Å².